The van der Waals surface area contributed by atoms with E-state index in [2.05, 4.69) is 107 Å². The lowest BCUT2D eigenvalue weighted by molar-refractivity contribution is 0.408. The van der Waals surface area contributed by atoms with Crippen molar-refractivity contribution in [2.24, 2.45) is 11.8 Å². The molecule has 2 aromatic rings. The second-order valence-electron chi connectivity index (χ2n) is 8.61. The van der Waals surface area contributed by atoms with E-state index in [1.165, 1.54) is 23.3 Å². The highest BCUT2D eigenvalue weighted by molar-refractivity contribution is 8.31. The summed E-state index contributed by atoms with van der Waals surface area (Å²) in [5, 5.41) is 0. The molecule has 2 aromatic carbocycles. The smallest absolute Gasteiger partial charge is 0.00177 e. The van der Waals surface area contributed by atoms with Crippen LogP contribution in [-0.2, 0) is 5.75 Å². The molecule has 0 bridgehead atoms. The van der Waals surface area contributed by atoms with Gasteiger partial charge in [0.25, 0.3) is 0 Å². The van der Waals surface area contributed by atoms with Gasteiger partial charge in [-0.05, 0) is 54.1 Å². The quantitative estimate of drug-likeness (QED) is 0.438. The van der Waals surface area contributed by atoms with Gasteiger partial charge < -0.3 is 0 Å². The van der Waals surface area contributed by atoms with Gasteiger partial charge >= 0.3 is 0 Å². The van der Waals surface area contributed by atoms with Gasteiger partial charge in [0.05, 0.1) is 0 Å². The van der Waals surface area contributed by atoms with Crippen LogP contribution >= 0.6 is 10.0 Å². The average Bonchev–Trinajstić information content (AvgIpc) is 2.69. The molecule has 0 nitrogen and oxygen atoms in total. The van der Waals surface area contributed by atoms with Gasteiger partial charge in [-0.3, -0.25) is 0 Å². The van der Waals surface area contributed by atoms with Crippen molar-refractivity contribution in [3.8, 4) is 0 Å². The standard InChI is InChI=1S/C14H22.C10H16S.2C2H6/c1-11(2)10-14(12(3)4)13-8-6-5-7-9-13;1-11(2,3)9-10-7-5-4-6-8-10;2*1-2/h5-9,11-12,14H,10H2,1-4H3;4-8H,9H2,1-3H3;2*1-2H3. The van der Waals surface area contributed by atoms with Crippen LogP contribution in [0, 0.1) is 11.8 Å². The van der Waals surface area contributed by atoms with E-state index in [0.717, 1.165) is 17.8 Å². The Morgan fingerprint density at radius 1 is 0.655 bits per heavy atom. The Labute approximate surface area is 185 Å². The fourth-order valence-corrected chi connectivity index (χ4v) is 4.27. The van der Waals surface area contributed by atoms with E-state index in [-0.39, 0.29) is 10.0 Å². The Hall–Kier alpha value is -1.21. The minimum absolute atomic E-state index is 0.377. The number of hydrogen-bond donors (Lipinski definition) is 0. The Morgan fingerprint density at radius 2 is 1.07 bits per heavy atom. The normalized spacial score (nSPS) is 11.9. The predicted octanol–water partition coefficient (Wildman–Crippen LogP) is 9.41. The molecule has 1 unspecified atom stereocenters. The molecule has 2 rings (SSSR count). The highest BCUT2D eigenvalue weighted by atomic mass is 32.3. The summed E-state index contributed by atoms with van der Waals surface area (Å²) in [6.45, 7) is 17.2. The van der Waals surface area contributed by atoms with Crippen LogP contribution in [-0.4, -0.2) is 18.8 Å². The monoisotopic (exact) mass is 418 g/mol. The van der Waals surface area contributed by atoms with Gasteiger partial charge in [-0.2, -0.15) is 0 Å². The molecule has 0 aromatic heterocycles. The summed E-state index contributed by atoms with van der Waals surface area (Å²) in [6.07, 6.45) is 8.34. The molecule has 0 saturated heterocycles. The van der Waals surface area contributed by atoms with Crippen molar-refractivity contribution in [3.63, 3.8) is 0 Å². The minimum Gasteiger partial charge on any atom is -0.246 e. The van der Waals surface area contributed by atoms with Crippen LogP contribution in [0.1, 0.15) is 78.9 Å². The van der Waals surface area contributed by atoms with Gasteiger partial charge in [0.1, 0.15) is 0 Å². The van der Waals surface area contributed by atoms with Crippen molar-refractivity contribution in [1.29, 1.82) is 0 Å². The van der Waals surface area contributed by atoms with Crippen LogP contribution in [0.5, 0.6) is 0 Å². The van der Waals surface area contributed by atoms with E-state index < -0.39 is 0 Å². The number of rotatable bonds is 6. The molecule has 168 valence electrons. The molecule has 0 heterocycles. The first kappa shape index (κ1) is 30.0. The first-order valence-electron chi connectivity index (χ1n) is 11.4. The third kappa shape index (κ3) is 16.3. The van der Waals surface area contributed by atoms with E-state index in [1.807, 2.05) is 27.7 Å². The van der Waals surface area contributed by atoms with Crippen LogP contribution < -0.4 is 0 Å². The summed E-state index contributed by atoms with van der Waals surface area (Å²) >= 11 is 0. The molecule has 0 amide bonds. The van der Waals surface area contributed by atoms with E-state index >= 15 is 0 Å². The Kier molecular flexibility index (Phi) is 18.2. The van der Waals surface area contributed by atoms with E-state index in [4.69, 9.17) is 0 Å². The van der Waals surface area contributed by atoms with Gasteiger partial charge in [0, 0.05) is 5.75 Å². The van der Waals surface area contributed by atoms with Crippen molar-refractivity contribution in [2.75, 3.05) is 18.8 Å². The summed E-state index contributed by atoms with van der Waals surface area (Å²) in [6, 6.07) is 21.6. The van der Waals surface area contributed by atoms with Crippen LogP contribution in [0.25, 0.3) is 0 Å². The molecule has 29 heavy (non-hydrogen) atoms. The van der Waals surface area contributed by atoms with Gasteiger partial charge in [-0.1, -0.05) is 116 Å². The fourth-order valence-electron chi connectivity index (χ4n) is 3.08. The lowest BCUT2D eigenvalue weighted by Crippen LogP contribution is -2.09. The van der Waals surface area contributed by atoms with E-state index in [0.29, 0.717) is 0 Å². The Bertz CT molecular complexity index is 564. The molecular weight excluding hydrogens is 368 g/mol. The average molecular weight is 419 g/mol. The molecule has 0 N–H and O–H groups in total. The Balaban J connectivity index is 0. The summed E-state index contributed by atoms with van der Waals surface area (Å²) in [5.41, 5.74) is 2.96. The Morgan fingerprint density at radius 3 is 1.41 bits per heavy atom. The second kappa shape index (κ2) is 17.6. The summed E-state index contributed by atoms with van der Waals surface area (Å²) in [5.74, 6) is 3.48. The SMILES string of the molecule is CC.CC.CC(C)CC(c1ccccc1)C(C)C.CS(C)(C)Cc1ccccc1. The van der Waals surface area contributed by atoms with Crippen molar-refractivity contribution >= 4 is 10.0 Å². The summed E-state index contributed by atoms with van der Waals surface area (Å²) < 4.78 is 0. The first-order valence-corrected chi connectivity index (χ1v) is 14.5. The topological polar surface area (TPSA) is 0 Å². The van der Waals surface area contributed by atoms with E-state index in [9.17, 15) is 0 Å². The van der Waals surface area contributed by atoms with E-state index in [1.54, 1.807) is 0 Å². The highest BCUT2D eigenvalue weighted by Crippen LogP contribution is 2.38. The van der Waals surface area contributed by atoms with Crippen molar-refractivity contribution in [2.45, 2.75) is 73.5 Å². The molecule has 0 fully saturated rings. The zero-order valence-electron chi connectivity index (χ0n) is 21.3. The lowest BCUT2D eigenvalue weighted by Gasteiger charge is -2.24. The predicted molar refractivity (Wildman–Crippen MR) is 142 cm³/mol. The summed E-state index contributed by atoms with van der Waals surface area (Å²) in [4.78, 5) is 0. The largest absolute Gasteiger partial charge is 0.246 e. The lowest BCUT2D eigenvalue weighted by atomic mass is 9.82. The van der Waals surface area contributed by atoms with Crippen molar-refractivity contribution in [1.82, 2.24) is 0 Å². The number of benzene rings is 2. The second-order valence-corrected chi connectivity index (χ2v) is 13.1. The van der Waals surface area contributed by atoms with Crippen LogP contribution in [0.2, 0.25) is 0 Å². The fraction of sp³-hybridized carbons (Fsp3) is 0.571. The van der Waals surface area contributed by atoms with Gasteiger partial charge in [0.2, 0.25) is 0 Å². The maximum atomic E-state index is 2.35. The molecule has 0 aliphatic heterocycles. The third-order valence-electron chi connectivity index (χ3n) is 4.20. The molecule has 0 aliphatic carbocycles. The zero-order chi connectivity index (χ0) is 22.9. The zero-order valence-corrected chi connectivity index (χ0v) is 22.1. The minimum atomic E-state index is -0.377. The molecular formula is C28H50S. The van der Waals surface area contributed by atoms with Gasteiger partial charge in [0.15, 0.2) is 0 Å². The van der Waals surface area contributed by atoms with Crippen molar-refractivity contribution in [3.05, 3.63) is 71.8 Å². The molecule has 1 atom stereocenters. The molecule has 0 spiro atoms. The van der Waals surface area contributed by atoms with Crippen LogP contribution in [0.3, 0.4) is 0 Å². The van der Waals surface area contributed by atoms with Gasteiger partial charge in [-0.25, -0.2) is 10.0 Å². The first-order chi connectivity index (χ1) is 13.7. The molecule has 1 heteroatoms. The molecule has 0 radical (unpaired) electrons. The molecule has 0 saturated carbocycles. The van der Waals surface area contributed by atoms with Crippen LogP contribution in [0.4, 0.5) is 0 Å². The maximum Gasteiger partial charge on any atom is 0.00177 e. The van der Waals surface area contributed by atoms with Gasteiger partial charge in [-0.15, -0.1) is 0 Å². The van der Waals surface area contributed by atoms with Crippen LogP contribution in [0.15, 0.2) is 60.7 Å². The maximum absolute atomic E-state index is 2.35. The third-order valence-corrected chi connectivity index (χ3v) is 5.40. The highest BCUT2D eigenvalue weighted by Gasteiger charge is 2.16. The van der Waals surface area contributed by atoms with Crippen molar-refractivity contribution < 1.29 is 0 Å². The molecule has 0 aliphatic rings. The number of hydrogen-bond acceptors (Lipinski definition) is 0. The summed E-state index contributed by atoms with van der Waals surface area (Å²) in [7, 11) is -0.377.